The number of ether oxygens (including phenoxy) is 1. The van der Waals surface area contributed by atoms with E-state index in [0.29, 0.717) is 31.7 Å². The lowest BCUT2D eigenvalue weighted by Crippen LogP contribution is -2.36. The zero-order valence-corrected chi connectivity index (χ0v) is 11.8. The maximum Gasteiger partial charge on any atom is 0.244 e. The van der Waals surface area contributed by atoms with Gasteiger partial charge in [0.1, 0.15) is 5.41 Å². The normalized spacial score (nSPS) is 17.4. The minimum atomic E-state index is -0.868. The monoisotopic (exact) mass is 276 g/mol. The van der Waals surface area contributed by atoms with Crippen LogP contribution in [0.15, 0.2) is 12.4 Å². The summed E-state index contributed by atoms with van der Waals surface area (Å²) < 4.78 is 6.68. The van der Waals surface area contributed by atoms with Crippen LogP contribution in [-0.2, 0) is 16.1 Å². The van der Waals surface area contributed by atoms with Gasteiger partial charge in [0.05, 0.1) is 31.1 Å². The average Bonchev–Trinajstić information content (AvgIpc) is 2.93. The number of nitrogens with one attached hydrogen (secondary N) is 1. The number of aromatic nitrogens is 2. The summed E-state index contributed by atoms with van der Waals surface area (Å²) in [6.07, 6.45) is 7.63. The Morgan fingerprint density at radius 2 is 2.30 bits per heavy atom. The molecule has 0 bridgehead atoms. The SMILES string of the molecule is COCCn1cc(NC(=O)C2(C#N)CCCCC2)cn1. The number of amides is 1. The summed E-state index contributed by atoms with van der Waals surface area (Å²) in [5.41, 5.74) is -0.237. The van der Waals surface area contributed by atoms with Crippen molar-refractivity contribution in [2.75, 3.05) is 19.0 Å². The van der Waals surface area contributed by atoms with Crippen molar-refractivity contribution in [2.45, 2.75) is 38.6 Å². The first-order valence-corrected chi connectivity index (χ1v) is 6.94. The fourth-order valence-corrected chi connectivity index (χ4v) is 2.53. The molecule has 0 atom stereocenters. The van der Waals surface area contributed by atoms with Crippen molar-refractivity contribution >= 4 is 11.6 Å². The Hall–Kier alpha value is -1.87. The lowest BCUT2D eigenvalue weighted by Gasteiger charge is -2.28. The number of hydrogen-bond donors (Lipinski definition) is 1. The molecule has 2 rings (SSSR count). The fourth-order valence-electron chi connectivity index (χ4n) is 2.53. The number of anilines is 1. The molecule has 1 fully saturated rings. The predicted molar refractivity (Wildman–Crippen MR) is 73.9 cm³/mol. The predicted octanol–water partition coefficient (Wildman–Crippen LogP) is 1.94. The van der Waals surface area contributed by atoms with Crippen LogP contribution in [0, 0.1) is 16.7 Å². The second kappa shape index (κ2) is 6.53. The summed E-state index contributed by atoms with van der Waals surface area (Å²) in [5.74, 6) is -0.203. The van der Waals surface area contributed by atoms with Crippen LogP contribution >= 0.6 is 0 Å². The number of methoxy groups -OCH3 is 1. The zero-order valence-electron chi connectivity index (χ0n) is 11.8. The van der Waals surface area contributed by atoms with Gasteiger partial charge in [0, 0.05) is 13.3 Å². The van der Waals surface area contributed by atoms with E-state index in [4.69, 9.17) is 4.74 Å². The Balaban J connectivity index is 1.99. The van der Waals surface area contributed by atoms with Gasteiger partial charge in [0.15, 0.2) is 0 Å². The van der Waals surface area contributed by atoms with Crippen LogP contribution in [0.5, 0.6) is 0 Å². The van der Waals surface area contributed by atoms with Crippen molar-refractivity contribution in [3.8, 4) is 6.07 Å². The standard InChI is InChI=1S/C14H20N4O2/c1-20-8-7-18-10-12(9-16-18)17-13(19)14(11-15)5-3-2-4-6-14/h9-10H,2-8H2,1H3,(H,17,19). The molecule has 0 aromatic carbocycles. The van der Waals surface area contributed by atoms with Gasteiger partial charge in [-0.3, -0.25) is 9.48 Å². The summed E-state index contributed by atoms with van der Waals surface area (Å²) in [7, 11) is 1.63. The molecule has 1 saturated carbocycles. The van der Waals surface area contributed by atoms with Gasteiger partial charge in [0.25, 0.3) is 0 Å². The third kappa shape index (κ3) is 3.17. The molecular formula is C14H20N4O2. The van der Waals surface area contributed by atoms with Gasteiger partial charge in [-0.05, 0) is 12.8 Å². The maximum absolute atomic E-state index is 12.3. The Morgan fingerprint density at radius 1 is 1.55 bits per heavy atom. The molecule has 1 aliphatic carbocycles. The van der Waals surface area contributed by atoms with Crippen LogP contribution in [0.25, 0.3) is 0 Å². The molecule has 0 spiro atoms. The van der Waals surface area contributed by atoms with E-state index in [2.05, 4.69) is 16.5 Å². The third-order valence-electron chi connectivity index (χ3n) is 3.77. The number of carbonyl (C=O) groups excluding carboxylic acids is 1. The first-order valence-electron chi connectivity index (χ1n) is 6.94. The molecule has 1 aromatic rings. The summed E-state index contributed by atoms with van der Waals surface area (Å²) in [4.78, 5) is 12.3. The Morgan fingerprint density at radius 3 is 2.95 bits per heavy atom. The van der Waals surface area contributed by atoms with E-state index in [1.807, 2.05) is 0 Å². The summed E-state index contributed by atoms with van der Waals surface area (Å²) >= 11 is 0. The molecule has 1 N–H and O–H groups in total. The van der Waals surface area contributed by atoms with Gasteiger partial charge in [0.2, 0.25) is 5.91 Å². The summed E-state index contributed by atoms with van der Waals surface area (Å²) in [6.45, 7) is 1.20. The topological polar surface area (TPSA) is 79.9 Å². The van der Waals surface area contributed by atoms with Crippen molar-refractivity contribution in [3.05, 3.63) is 12.4 Å². The molecule has 1 aliphatic rings. The average molecular weight is 276 g/mol. The molecule has 1 aromatic heterocycles. The molecular weight excluding hydrogens is 256 g/mol. The Bertz CT molecular complexity index is 498. The fraction of sp³-hybridized carbons (Fsp3) is 0.643. The largest absolute Gasteiger partial charge is 0.383 e. The molecule has 6 heteroatoms. The highest BCUT2D eigenvalue weighted by molar-refractivity contribution is 5.97. The number of rotatable bonds is 5. The van der Waals surface area contributed by atoms with Crippen LogP contribution in [0.3, 0.4) is 0 Å². The molecule has 0 aliphatic heterocycles. The highest BCUT2D eigenvalue weighted by atomic mass is 16.5. The quantitative estimate of drug-likeness (QED) is 0.891. The first-order chi connectivity index (χ1) is 9.70. The minimum absolute atomic E-state index is 0.203. The van der Waals surface area contributed by atoms with Gasteiger partial charge in [-0.1, -0.05) is 19.3 Å². The first kappa shape index (κ1) is 14.5. The number of nitriles is 1. The van der Waals surface area contributed by atoms with E-state index < -0.39 is 5.41 Å². The van der Waals surface area contributed by atoms with Gasteiger partial charge < -0.3 is 10.1 Å². The van der Waals surface area contributed by atoms with Gasteiger partial charge in [-0.25, -0.2) is 0 Å². The summed E-state index contributed by atoms with van der Waals surface area (Å²) in [5, 5.41) is 16.3. The second-order valence-electron chi connectivity index (χ2n) is 5.19. The molecule has 0 unspecified atom stereocenters. The maximum atomic E-state index is 12.3. The third-order valence-corrected chi connectivity index (χ3v) is 3.77. The number of carbonyl (C=O) groups is 1. The Labute approximate surface area is 118 Å². The van der Waals surface area contributed by atoms with E-state index in [0.717, 1.165) is 19.3 Å². The number of hydrogen-bond acceptors (Lipinski definition) is 4. The summed E-state index contributed by atoms with van der Waals surface area (Å²) in [6, 6.07) is 2.22. The smallest absolute Gasteiger partial charge is 0.244 e. The highest BCUT2D eigenvalue weighted by Crippen LogP contribution is 2.36. The van der Waals surface area contributed by atoms with Crippen LogP contribution in [0.4, 0.5) is 5.69 Å². The molecule has 0 saturated heterocycles. The lowest BCUT2D eigenvalue weighted by molar-refractivity contribution is -0.124. The van der Waals surface area contributed by atoms with Crippen molar-refractivity contribution in [1.82, 2.24) is 9.78 Å². The van der Waals surface area contributed by atoms with Crippen LogP contribution < -0.4 is 5.32 Å². The molecule has 20 heavy (non-hydrogen) atoms. The minimum Gasteiger partial charge on any atom is -0.383 e. The van der Waals surface area contributed by atoms with E-state index in [1.54, 1.807) is 24.2 Å². The van der Waals surface area contributed by atoms with Crippen molar-refractivity contribution < 1.29 is 9.53 Å². The molecule has 0 radical (unpaired) electrons. The lowest BCUT2D eigenvalue weighted by atomic mass is 9.74. The van der Waals surface area contributed by atoms with E-state index >= 15 is 0 Å². The molecule has 6 nitrogen and oxygen atoms in total. The second-order valence-corrected chi connectivity index (χ2v) is 5.19. The highest BCUT2D eigenvalue weighted by Gasteiger charge is 2.39. The van der Waals surface area contributed by atoms with Crippen molar-refractivity contribution in [1.29, 1.82) is 5.26 Å². The number of nitrogens with zero attached hydrogens (tertiary/aromatic N) is 3. The molecule has 1 heterocycles. The van der Waals surface area contributed by atoms with E-state index in [9.17, 15) is 10.1 Å². The van der Waals surface area contributed by atoms with Crippen molar-refractivity contribution in [3.63, 3.8) is 0 Å². The van der Waals surface area contributed by atoms with Gasteiger partial charge >= 0.3 is 0 Å². The zero-order chi connectivity index (χ0) is 14.4. The van der Waals surface area contributed by atoms with Crippen LogP contribution in [0.2, 0.25) is 0 Å². The van der Waals surface area contributed by atoms with E-state index in [1.165, 1.54) is 0 Å². The van der Waals surface area contributed by atoms with Gasteiger partial charge in [-0.15, -0.1) is 0 Å². The molecule has 1 amide bonds. The Kier molecular flexibility index (Phi) is 4.74. The van der Waals surface area contributed by atoms with Crippen LogP contribution in [-0.4, -0.2) is 29.4 Å². The van der Waals surface area contributed by atoms with Gasteiger partial charge in [-0.2, -0.15) is 10.4 Å². The molecule has 108 valence electrons. The van der Waals surface area contributed by atoms with E-state index in [-0.39, 0.29) is 5.91 Å². The van der Waals surface area contributed by atoms with Crippen LogP contribution in [0.1, 0.15) is 32.1 Å². The van der Waals surface area contributed by atoms with Crippen molar-refractivity contribution in [2.24, 2.45) is 5.41 Å².